The van der Waals surface area contributed by atoms with Gasteiger partial charge in [0.2, 0.25) is 0 Å². The molecule has 0 aliphatic carbocycles. The minimum Gasteiger partial charge on any atom is -0.355 e. The molecule has 6 heteroatoms. The molecule has 0 aromatic carbocycles. The van der Waals surface area contributed by atoms with Crippen molar-refractivity contribution >= 4 is 11.7 Å². The van der Waals surface area contributed by atoms with Crippen molar-refractivity contribution in [3.8, 4) is 0 Å². The maximum atomic E-state index is 12.3. The quantitative estimate of drug-likeness (QED) is 0.932. The highest BCUT2D eigenvalue weighted by molar-refractivity contribution is 5.95. The van der Waals surface area contributed by atoms with E-state index in [9.17, 15) is 4.79 Å². The molecule has 0 radical (unpaired) electrons. The van der Waals surface area contributed by atoms with Gasteiger partial charge in [-0.1, -0.05) is 0 Å². The molecule has 0 saturated carbocycles. The molecule has 1 N–H and O–H groups in total. The molecule has 1 saturated heterocycles. The zero-order chi connectivity index (χ0) is 16.9. The predicted molar refractivity (Wildman–Crippen MR) is 93.0 cm³/mol. The Kier molecular flexibility index (Phi) is 5.03. The van der Waals surface area contributed by atoms with Crippen molar-refractivity contribution in [2.24, 2.45) is 5.92 Å². The van der Waals surface area contributed by atoms with Crippen molar-refractivity contribution in [3.05, 3.63) is 47.7 Å². The highest BCUT2D eigenvalue weighted by atomic mass is 16.1. The highest BCUT2D eigenvalue weighted by Gasteiger charge is 2.23. The number of aromatic nitrogens is 3. The van der Waals surface area contributed by atoms with E-state index in [-0.39, 0.29) is 5.91 Å². The first-order valence-corrected chi connectivity index (χ1v) is 8.36. The summed E-state index contributed by atoms with van der Waals surface area (Å²) < 4.78 is 0. The summed E-state index contributed by atoms with van der Waals surface area (Å²) in [6.07, 6.45) is 9.00. The second-order valence-corrected chi connectivity index (χ2v) is 6.32. The maximum absolute atomic E-state index is 12.3. The fourth-order valence-corrected chi connectivity index (χ4v) is 3.17. The van der Waals surface area contributed by atoms with E-state index in [4.69, 9.17) is 0 Å². The molecule has 1 atom stereocenters. The minimum atomic E-state index is -0.0478. The third-order valence-electron chi connectivity index (χ3n) is 4.51. The lowest BCUT2D eigenvalue weighted by Crippen LogP contribution is -2.41. The van der Waals surface area contributed by atoms with Crippen LogP contribution in [0.5, 0.6) is 0 Å². The van der Waals surface area contributed by atoms with Crippen LogP contribution in [0.25, 0.3) is 0 Å². The molecule has 3 heterocycles. The first-order valence-electron chi connectivity index (χ1n) is 8.36. The normalized spacial score (nSPS) is 17.6. The van der Waals surface area contributed by atoms with E-state index in [1.807, 2.05) is 19.9 Å². The number of piperidine rings is 1. The van der Waals surface area contributed by atoms with Gasteiger partial charge in [-0.25, -0.2) is 4.98 Å². The molecule has 0 spiro atoms. The van der Waals surface area contributed by atoms with Gasteiger partial charge in [-0.15, -0.1) is 0 Å². The molecule has 6 nitrogen and oxygen atoms in total. The minimum absolute atomic E-state index is 0.0478. The predicted octanol–water partition coefficient (Wildman–Crippen LogP) is 2.13. The SMILES string of the molecule is Cc1ccncc1C(=O)NCC1CCCN(c2nccnc2C)C1. The van der Waals surface area contributed by atoms with Crippen LogP contribution in [-0.4, -0.2) is 40.5 Å². The third-order valence-corrected chi connectivity index (χ3v) is 4.51. The fraction of sp³-hybridized carbons (Fsp3) is 0.444. The zero-order valence-corrected chi connectivity index (χ0v) is 14.2. The van der Waals surface area contributed by atoms with Crippen molar-refractivity contribution in [1.82, 2.24) is 20.3 Å². The Bertz CT molecular complexity index is 718. The van der Waals surface area contributed by atoms with Crippen molar-refractivity contribution in [1.29, 1.82) is 0 Å². The second kappa shape index (κ2) is 7.38. The monoisotopic (exact) mass is 325 g/mol. The first kappa shape index (κ1) is 16.4. The van der Waals surface area contributed by atoms with Gasteiger partial charge in [-0.3, -0.25) is 14.8 Å². The van der Waals surface area contributed by atoms with Crippen LogP contribution in [-0.2, 0) is 0 Å². The van der Waals surface area contributed by atoms with Crippen molar-refractivity contribution < 1.29 is 4.79 Å². The average molecular weight is 325 g/mol. The summed E-state index contributed by atoms with van der Waals surface area (Å²) >= 11 is 0. The fourth-order valence-electron chi connectivity index (χ4n) is 3.17. The van der Waals surface area contributed by atoms with Crippen LogP contribution in [0.1, 0.15) is 34.5 Å². The molecule has 0 bridgehead atoms. The molecule has 1 aliphatic heterocycles. The Morgan fingerprint density at radius 2 is 2.12 bits per heavy atom. The van der Waals surface area contributed by atoms with E-state index >= 15 is 0 Å². The lowest BCUT2D eigenvalue weighted by Gasteiger charge is -2.34. The lowest BCUT2D eigenvalue weighted by atomic mass is 9.97. The molecule has 126 valence electrons. The molecular formula is C18H23N5O. The largest absolute Gasteiger partial charge is 0.355 e. The Hall–Kier alpha value is -2.50. The van der Waals surface area contributed by atoms with Crippen LogP contribution in [0, 0.1) is 19.8 Å². The maximum Gasteiger partial charge on any atom is 0.253 e. The number of carbonyl (C=O) groups excluding carboxylic acids is 1. The summed E-state index contributed by atoms with van der Waals surface area (Å²) in [5, 5.41) is 3.05. The van der Waals surface area contributed by atoms with Gasteiger partial charge in [-0.05, 0) is 44.2 Å². The van der Waals surface area contributed by atoms with Gasteiger partial charge in [0.15, 0.2) is 0 Å². The van der Waals surface area contributed by atoms with Gasteiger partial charge < -0.3 is 10.2 Å². The van der Waals surface area contributed by atoms with Gasteiger partial charge in [0, 0.05) is 44.4 Å². The average Bonchev–Trinajstić information content (AvgIpc) is 2.61. The van der Waals surface area contributed by atoms with Crippen molar-refractivity contribution in [3.63, 3.8) is 0 Å². The number of hydrogen-bond acceptors (Lipinski definition) is 5. The van der Waals surface area contributed by atoms with Crippen LogP contribution < -0.4 is 10.2 Å². The summed E-state index contributed by atoms with van der Waals surface area (Å²) in [4.78, 5) is 27.4. The highest BCUT2D eigenvalue weighted by Crippen LogP contribution is 2.22. The van der Waals surface area contributed by atoms with E-state index in [1.54, 1.807) is 24.8 Å². The number of rotatable bonds is 4. The van der Waals surface area contributed by atoms with Gasteiger partial charge in [0.05, 0.1) is 11.3 Å². The van der Waals surface area contributed by atoms with Crippen LogP contribution in [0.2, 0.25) is 0 Å². The van der Waals surface area contributed by atoms with E-state index in [1.165, 1.54) is 0 Å². The number of nitrogens with zero attached hydrogens (tertiary/aromatic N) is 4. The lowest BCUT2D eigenvalue weighted by molar-refractivity contribution is 0.0944. The van der Waals surface area contributed by atoms with Gasteiger partial charge >= 0.3 is 0 Å². The topological polar surface area (TPSA) is 71.0 Å². The van der Waals surface area contributed by atoms with Gasteiger partial charge in [-0.2, -0.15) is 0 Å². The Balaban J connectivity index is 1.59. The van der Waals surface area contributed by atoms with E-state index in [0.717, 1.165) is 43.0 Å². The summed E-state index contributed by atoms with van der Waals surface area (Å²) in [6, 6.07) is 1.86. The van der Waals surface area contributed by atoms with Crippen LogP contribution in [0.3, 0.4) is 0 Å². The number of amides is 1. The summed E-state index contributed by atoms with van der Waals surface area (Å²) in [7, 11) is 0. The van der Waals surface area contributed by atoms with Crippen LogP contribution in [0.4, 0.5) is 5.82 Å². The number of aryl methyl sites for hydroxylation is 2. The molecule has 2 aromatic heterocycles. The van der Waals surface area contributed by atoms with Crippen LogP contribution in [0.15, 0.2) is 30.9 Å². The molecule has 2 aromatic rings. The molecule has 1 amide bonds. The molecule has 3 rings (SSSR count). The van der Waals surface area contributed by atoms with E-state index < -0.39 is 0 Å². The van der Waals surface area contributed by atoms with Gasteiger partial charge in [0.25, 0.3) is 5.91 Å². The Labute approximate surface area is 142 Å². The zero-order valence-electron chi connectivity index (χ0n) is 14.2. The smallest absolute Gasteiger partial charge is 0.253 e. The number of nitrogens with one attached hydrogen (secondary N) is 1. The number of pyridine rings is 1. The second-order valence-electron chi connectivity index (χ2n) is 6.32. The van der Waals surface area contributed by atoms with Crippen LogP contribution >= 0.6 is 0 Å². The number of hydrogen-bond donors (Lipinski definition) is 1. The first-order chi connectivity index (χ1) is 11.6. The van der Waals surface area contributed by atoms with E-state index in [2.05, 4.69) is 25.2 Å². The Morgan fingerprint density at radius 1 is 1.29 bits per heavy atom. The molecule has 1 fully saturated rings. The number of anilines is 1. The van der Waals surface area contributed by atoms with Gasteiger partial charge in [0.1, 0.15) is 5.82 Å². The molecule has 1 aliphatic rings. The summed E-state index contributed by atoms with van der Waals surface area (Å²) in [5.74, 6) is 1.33. The molecule has 24 heavy (non-hydrogen) atoms. The van der Waals surface area contributed by atoms with Crippen molar-refractivity contribution in [2.45, 2.75) is 26.7 Å². The summed E-state index contributed by atoms with van der Waals surface area (Å²) in [6.45, 7) is 6.47. The third kappa shape index (κ3) is 3.69. The standard InChI is InChI=1S/C18H23N5O/c1-13-5-6-19-11-16(13)18(24)22-10-15-4-3-9-23(12-15)17-14(2)20-7-8-21-17/h5-8,11,15H,3-4,9-10,12H2,1-2H3,(H,22,24). The molecule has 1 unspecified atom stereocenters. The summed E-state index contributed by atoms with van der Waals surface area (Å²) in [5.41, 5.74) is 2.55. The van der Waals surface area contributed by atoms with E-state index in [0.29, 0.717) is 18.0 Å². The molecular weight excluding hydrogens is 302 g/mol. The van der Waals surface area contributed by atoms with Crippen molar-refractivity contribution in [2.75, 3.05) is 24.5 Å². The number of carbonyl (C=O) groups is 1. The Morgan fingerprint density at radius 3 is 2.92 bits per heavy atom.